The molecule has 0 radical (unpaired) electrons. The van der Waals surface area contributed by atoms with Crippen molar-refractivity contribution >= 4 is 0 Å². The summed E-state index contributed by atoms with van der Waals surface area (Å²) in [7, 11) is 1.56. The first-order valence-electron chi connectivity index (χ1n) is 9.66. The van der Waals surface area contributed by atoms with Gasteiger partial charge in [0.15, 0.2) is 11.5 Å². The van der Waals surface area contributed by atoms with E-state index in [1.165, 1.54) is 0 Å². The zero-order valence-corrected chi connectivity index (χ0v) is 15.9. The summed E-state index contributed by atoms with van der Waals surface area (Å²) in [5.41, 5.74) is 1.68. The van der Waals surface area contributed by atoms with Crippen LogP contribution < -0.4 is 10.1 Å². The molecule has 0 spiro atoms. The Morgan fingerprint density at radius 2 is 1.96 bits per heavy atom. The van der Waals surface area contributed by atoms with Crippen LogP contribution in [0, 0.1) is 11.8 Å². The summed E-state index contributed by atoms with van der Waals surface area (Å²) in [6.07, 6.45) is 0. The molecule has 0 saturated carbocycles. The third-order valence-electron chi connectivity index (χ3n) is 6.46. The topological polar surface area (TPSA) is 65.0 Å². The highest BCUT2D eigenvalue weighted by atomic mass is 16.5. The number of ether oxygens (including phenoxy) is 1. The maximum absolute atomic E-state index is 10.5. The van der Waals surface area contributed by atoms with Gasteiger partial charge in [-0.25, -0.2) is 0 Å². The molecule has 2 aromatic carbocycles. The van der Waals surface area contributed by atoms with Crippen molar-refractivity contribution in [2.24, 2.45) is 11.8 Å². The van der Waals surface area contributed by atoms with Gasteiger partial charge in [0.2, 0.25) is 0 Å². The van der Waals surface area contributed by atoms with Gasteiger partial charge in [-0.2, -0.15) is 0 Å². The highest BCUT2D eigenvalue weighted by Gasteiger charge is 2.57. The fraction of sp³-hybridized carbons (Fsp3) is 0.455. The molecule has 2 aliphatic rings. The lowest BCUT2D eigenvalue weighted by molar-refractivity contribution is 0.127. The molecule has 2 aliphatic heterocycles. The van der Waals surface area contributed by atoms with Crippen LogP contribution in [0.2, 0.25) is 0 Å². The summed E-state index contributed by atoms with van der Waals surface area (Å²) < 4.78 is 5.20. The number of nitrogens with zero attached hydrogens (tertiary/aromatic N) is 1. The second-order valence-electron chi connectivity index (χ2n) is 7.67. The van der Waals surface area contributed by atoms with Crippen LogP contribution in [0.15, 0.2) is 48.5 Å². The second-order valence-corrected chi connectivity index (χ2v) is 7.67. The van der Waals surface area contributed by atoms with Crippen LogP contribution in [0.3, 0.4) is 0 Å². The first kappa shape index (κ1) is 18.3. The van der Waals surface area contributed by atoms with E-state index in [1.54, 1.807) is 13.2 Å². The van der Waals surface area contributed by atoms with Crippen molar-refractivity contribution in [2.75, 3.05) is 33.4 Å². The van der Waals surface area contributed by atoms with Gasteiger partial charge < -0.3 is 19.8 Å². The Labute approximate surface area is 160 Å². The van der Waals surface area contributed by atoms with Crippen molar-refractivity contribution in [1.82, 2.24) is 10.2 Å². The highest BCUT2D eigenvalue weighted by Crippen LogP contribution is 2.51. The summed E-state index contributed by atoms with van der Waals surface area (Å²) in [6.45, 7) is 5.19. The molecule has 5 heteroatoms. The van der Waals surface area contributed by atoms with Gasteiger partial charge in [0.1, 0.15) is 0 Å². The van der Waals surface area contributed by atoms with Gasteiger partial charge in [0.25, 0.3) is 0 Å². The molecule has 0 aromatic heterocycles. The molecule has 4 rings (SSSR count). The van der Waals surface area contributed by atoms with Gasteiger partial charge >= 0.3 is 0 Å². The molecule has 0 unspecified atom stereocenters. The number of aliphatic hydroxyl groups is 1. The van der Waals surface area contributed by atoms with Crippen LogP contribution in [0.25, 0.3) is 0 Å². The lowest BCUT2D eigenvalue weighted by Crippen LogP contribution is -2.48. The van der Waals surface area contributed by atoms with Crippen LogP contribution >= 0.6 is 0 Å². The Kier molecular flexibility index (Phi) is 4.84. The number of phenolic OH excluding ortho intramolecular Hbond substituents is 1. The number of hydrogen-bond donors (Lipinski definition) is 3. The van der Waals surface area contributed by atoms with E-state index in [0.29, 0.717) is 17.6 Å². The van der Waals surface area contributed by atoms with Crippen molar-refractivity contribution in [3.05, 3.63) is 59.7 Å². The molecule has 5 nitrogen and oxygen atoms in total. The normalized spacial score (nSPS) is 30.4. The van der Waals surface area contributed by atoms with Crippen molar-refractivity contribution in [1.29, 1.82) is 0 Å². The van der Waals surface area contributed by atoms with Gasteiger partial charge in [-0.15, -0.1) is 0 Å². The summed E-state index contributed by atoms with van der Waals surface area (Å²) in [5, 5.41) is 24.6. The van der Waals surface area contributed by atoms with Crippen LogP contribution in [-0.4, -0.2) is 48.5 Å². The predicted octanol–water partition coefficient (Wildman–Crippen LogP) is 2.50. The lowest BCUT2D eigenvalue weighted by atomic mass is 9.76. The maximum atomic E-state index is 10.5. The van der Waals surface area contributed by atoms with Gasteiger partial charge in [0.05, 0.1) is 19.3 Å². The number of rotatable bonds is 5. The predicted molar refractivity (Wildman–Crippen MR) is 105 cm³/mol. The van der Waals surface area contributed by atoms with Gasteiger partial charge in [0, 0.05) is 25.0 Å². The minimum Gasteiger partial charge on any atom is -0.504 e. The van der Waals surface area contributed by atoms with E-state index in [0.717, 1.165) is 30.8 Å². The van der Waals surface area contributed by atoms with E-state index in [-0.39, 0.29) is 18.4 Å². The summed E-state index contributed by atoms with van der Waals surface area (Å²) >= 11 is 0. The molecule has 144 valence electrons. The molecular formula is C22H28N2O3. The number of phenols is 1. The van der Waals surface area contributed by atoms with E-state index in [4.69, 9.17) is 4.74 Å². The maximum Gasteiger partial charge on any atom is 0.160 e. The average molecular weight is 368 g/mol. The highest BCUT2D eigenvalue weighted by molar-refractivity contribution is 5.44. The van der Waals surface area contributed by atoms with Gasteiger partial charge in [-0.05, 0) is 35.7 Å². The molecule has 2 heterocycles. The molecule has 0 amide bonds. The number of methoxy groups -OCH3 is 1. The van der Waals surface area contributed by atoms with Crippen LogP contribution in [-0.2, 0) is 5.54 Å². The van der Waals surface area contributed by atoms with Crippen molar-refractivity contribution in [3.63, 3.8) is 0 Å². The van der Waals surface area contributed by atoms with Crippen molar-refractivity contribution < 1.29 is 14.9 Å². The molecule has 0 bridgehead atoms. The SMILES string of the molecule is CCN1C[C@H]2[C@@H](c3ccc(OC)c(O)c3)N[C@](CO)(c3ccccc3)[C@H]2C1. The van der Waals surface area contributed by atoms with E-state index < -0.39 is 5.54 Å². The molecule has 4 atom stereocenters. The minimum atomic E-state index is -0.476. The van der Waals surface area contributed by atoms with E-state index >= 15 is 0 Å². The van der Waals surface area contributed by atoms with Crippen molar-refractivity contribution in [3.8, 4) is 11.5 Å². The van der Waals surface area contributed by atoms with Crippen LogP contribution in [0.1, 0.15) is 24.1 Å². The standard InChI is InChI=1S/C22H28N2O3/c1-3-24-12-17-18(13-24)22(14-25,16-7-5-4-6-8-16)23-21(17)15-9-10-20(27-2)19(26)11-15/h4-11,17-18,21,23,25-26H,3,12-14H2,1-2H3/t17-,18+,21-,22-/m1/s1. The number of aliphatic hydroxyl groups excluding tert-OH is 1. The second kappa shape index (κ2) is 7.15. The third kappa shape index (κ3) is 2.90. The lowest BCUT2D eigenvalue weighted by Gasteiger charge is -2.35. The number of fused-ring (bicyclic) bond motifs is 1. The minimum absolute atomic E-state index is 0.0500. The van der Waals surface area contributed by atoms with Crippen LogP contribution in [0.4, 0.5) is 0 Å². The van der Waals surface area contributed by atoms with E-state index in [2.05, 4.69) is 29.3 Å². The molecule has 27 heavy (non-hydrogen) atoms. The fourth-order valence-corrected chi connectivity index (χ4v) is 5.04. The number of nitrogens with one attached hydrogen (secondary N) is 1. The zero-order chi connectivity index (χ0) is 19.0. The molecule has 2 saturated heterocycles. The van der Waals surface area contributed by atoms with Gasteiger partial charge in [-0.1, -0.05) is 43.3 Å². The smallest absolute Gasteiger partial charge is 0.160 e. The number of hydrogen-bond acceptors (Lipinski definition) is 5. The number of aromatic hydroxyl groups is 1. The Morgan fingerprint density at radius 1 is 1.19 bits per heavy atom. The molecule has 0 aliphatic carbocycles. The monoisotopic (exact) mass is 368 g/mol. The first-order chi connectivity index (χ1) is 13.1. The first-order valence-corrected chi connectivity index (χ1v) is 9.66. The summed E-state index contributed by atoms with van der Waals surface area (Å²) in [4.78, 5) is 2.46. The largest absolute Gasteiger partial charge is 0.504 e. The Balaban J connectivity index is 1.77. The fourth-order valence-electron chi connectivity index (χ4n) is 5.04. The van der Waals surface area contributed by atoms with E-state index in [9.17, 15) is 10.2 Å². The van der Waals surface area contributed by atoms with E-state index in [1.807, 2.05) is 30.3 Å². The van der Waals surface area contributed by atoms with Crippen LogP contribution in [0.5, 0.6) is 11.5 Å². The average Bonchev–Trinajstić information content (AvgIpc) is 3.26. The third-order valence-corrected chi connectivity index (χ3v) is 6.46. The Hall–Kier alpha value is -2.08. The molecule has 2 aromatic rings. The molecule has 2 fully saturated rings. The molecular weight excluding hydrogens is 340 g/mol. The summed E-state index contributed by atoms with van der Waals surface area (Å²) in [6, 6.07) is 16.0. The van der Waals surface area contributed by atoms with Gasteiger partial charge in [-0.3, -0.25) is 5.32 Å². The number of likely N-dealkylation sites (tertiary alicyclic amines) is 1. The number of benzene rings is 2. The Bertz CT molecular complexity index is 797. The quantitative estimate of drug-likeness (QED) is 0.757. The Morgan fingerprint density at radius 3 is 2.59 bits per heavy atom. The zero-order valence-electron chi connectivity index (χ0n) is 15.9. The van der Waals surface area contributed by atoms with Crippen molar-refractivity contribution in [2.45, 2.75) is 18.5 Å². The summed E-state index contributed by atoms with van der Waals surface area (Å²) in [5.74, 6) is 1.30. The molecule has 3 N–H and O–H groups in total.